The van der Waals surface area contributed by atoms with E-state index >= 15 is 0 Å². The first-order chi connectivity index (χ1) is 12.1. The van der Waals surface area contributed by atoms with E-state index in [1.165, 1.54) is 0 Å². The molecule has 1 heterocycles. The van der Waals surface area contributed by atoms with Crippen molar-refractivity contribution in [2.45, 2.75) is 25.9 Å². The van der Waals surface area contributed by atoms with Gasteiger partial charge >= 0.3 is 0 Å². The normalized spacial score (nSPS) is 16.8. The van der Waals surface area contributed by atoms with Gasteiger partial charge in [0.25, 0.3) is 5.91 Å². The van der Waals surface area contributed by atoms with E-state index in [0.29, 0.717) is 23.8 Å². The smallest absolute Gasteiger partial charge is 0.260 e. The van der Waals surface area contributed by atoms with Crippen molar-refractivity contribution in [3.63, 3.8) is 0 Å². The van der Waals surface area contributed by atoms with Crippen LogP contribution in [0, 0.1) is 17.2 Å². The third-order valence-corrected chi connectivity index (χ3v) is 4.53. The molecule has 1 N–H and O–H groups in total. The molecule has 0 aromatic heterocycles. The molecule has 6 heteroatoms. The summed E-state index contributed by atoms with van der Waals surface area (Å²) >= 11 is 0. The largest absolute Gasteiger partial charge is 0.481 e. The summed E-state index contributed by atoms with van der Waals surface area (Å²) in [5.74, 6) is 0.925. The van der Waals surface area contributed by atoms with E-state index in [0.717, 1.165) is 39.1 Å². The van der Waals surface area contributed by atoms with Crippen LogP contribution in [0.2, 0.25) is 0 Å². The molecule has 1 fully saturated rings. The number of likely N-dealkylation sites (tertiary alicyclic amines) is 1. The van der Waals surface area contributed by atoms with Gasteiger partial charge in [0.15, 0.2) is 6.10 Å². The van der Waals surface area contributed by atoms with Crippen molar-refractivity contribution in [2.24, 2.45) is 5.92 Å². The molecule has 1 aliphatic heterocycles. The number of methoxy groups -OCH3 is 1. The minimum atomic E-state index is -0.587. The molecule has 25 heavy (non-hydrogen) atoms. The van der Waals surface area contributed by atoms with Crippen molar-refractivity contribution in [2.75, 3.05) is 39.9 Å². The van der Waals surface area contributed by atoms with Crippen molar-refractivity contribution < 1.29 is 14.3 Å². The van der Waals surface area contributed by atoms with E-state index in [2.05, 4.69) is 16.3 Å². The highest BCUT2D eigenvalue weighted by atomic mass is 16.5. The van der Waals surface area contributed by atoms with E-state index < -0.39 is 6.10 Å². The Morgan fingerprint density at radius 2 is 2.20 bits per heavy atom. The monoisotopic (exact) mass is 345 g/mol. The summed E-state index contributed by atoms with van der Waals surface area (Å²) in [7, 11) is 1.72. The second-order valence-electron chi connectivity index (χ2n) is 6.42. The van der Waals surface area contributed by atoms with Crippen LogP contribution < -0.4 is 10.1 Å². The average Bonchev–Trinajstić information content (AvgIpc) is 2.65. The lowest BCUT2D eigenvalue weighted by Gasteiger charge is -2.31. The number of nitriles is 1. The van der Waals surface area contributed by atoms with Crippen LogP contribution in [0.1, 0.15) is 25.3 Å². The molecule has 1 amide bonds. The van der Waals surface area contributed by atoms with E-state index in [4.69, 9.17) is 14.7 Å². The Balaban J connectivity index is 1.70. The quantitative estimate of drug-likeness (QED) is 0.778. The molecule has 1 unspecified atom stereocenters. The van der Waals surface area contributed by atoms with Gasteiger partial charge in [-0.2, -0.15) is 5.26 Å². The SMILES string of the molecule is COCCN1CCC(CNC(=O)C(C)Oc2cccc(C#N)c2)CC1. The lowest BCUT2D eigenvalue weighted by atomic mass is 9.97. The maximum atomic E-state index is 12.2. The van der Waals surface area contributed by atoms with Gasteiger partial charge in [0, 0.05) is 20.2 Å². The highest BCUT2D eigenvalue weighted by Crippen LogP contribution is 2.17. The fraction of sp³-hybridized carbons (Fsp3) is 0.579. The lowest BCUT2D eigenvalue weighted by Crippen LogP contribution is -2.42. The Hall–Kier alpha value is -2.10. The molecule has 1 atom stereocenters. The number of piperidine rings is 1. The minimum absolute atomic E-state index is 0.121. The molecule has 0 spiro atoms. The first-order valence-corrected chi connectivity index (χ1v) is 8.78. The predicted molar refractivity (Wildman–Crippen MR) is 95.3 cm³/mol. The molecule has 2 rings (SSSR count). The Kier molecular flexibility index (Phi) is 7.71. The first kappa shape index (κ1) is 19.2. The molecule has 0 radical (unpaired) electrons. The molecule has 6 nitrogen and oxygen atoms in total. The van der Waals surface area contributed by atoms with Gasteiger partial charge in [0.2, 0.25) is 0 Å². The fourth-order valence-electron chi connectivity index (χ4n) is 2.92. The van der Waals surface area contributed by atoms with Gasteiger partial charge in [-0.05, 0) is 57.0 Å². The Morgan fingerprint density at radius 3 is 2.88 bits per heavy atom. The Labute approximate surface area is 149 Å². The summed E-state index contributed by atoms with van der Waals surface area (Å²) in [4.78, 5) is 14.6. The number of nitrogens with zero attached hydrogens (tertiary/aromatic N) is 2. The van der Waals surface area contributed by atoms with Crippen LogP contribution in [-0.4, -0.2) is 56.8 Å². The van der Waals surface area contributed by atoms with E-state index in [9.17, 15) is 4.79 Å². The minimum Gasteiger partial charge on any atom is -0.481 e. The van der Waals surface area contributed by atoms with Crippen LogP contribution in [0.3, 0.4) is 0 Å². The molecule has 0 saturated carbocycles. The van der Waals surface area contributed by atoms with E-state index in [1.54, 1.807) is 38.3 Å². The number of hydrogen-bond donors (Lipinski definition) is 1. The zero-order valence-electron chi connectivity index (χ0n) is 15.0. The van der Waals surface area contributed by atoms with E-state index in [-0.39, 0.29) is 5.91 Å². The number of nitrogens with one attached hydrogen (secondary N) is 1. The Morgan fingerprint density at radius 1 is 1.44 bits per heavy atom. The molecule has 136 valence electrons. The van der Waals surface area contributed by atoms with Crippen LogP contribution >= 0.6 is 0 Å². The van der Waals surface area contributed by atoms with Crippen molar-refractivity contribution in [1.82, 2.24) is 10.2 Å². The topological polar surface area (TPSA) is 74.6 Å². The highest BCUT2D eigenvalue weighted by Gasteiger charge is 2.21. The molecule has 1 aromatic carbocycles. The number of amides is 1. The lowest BCUT2D eigenvalue weighted by molar-refractivity contribution is -0.127. The van der Waals surface area contributed by atoms with Crippen LogP contribution in [-0.2, 0) is 9.53 Å². The van der Waals surface area contributed by atoms with Gasteiger partial charge < -0.3 is 19.7 Å². The van der Waals surface area contributed by atoms with Gasteiger partial charge in [0.1, 0.15) is 5.75 Å². The summed E-state index contributed by atoms with van der Waals surface area (Å²) in [5, 5.41) is 11.9. The fourth-order valence-corrected chi connectivity index (χ4v) is 2.92. The van der Waals surface area contributed by atoms with Crippen molar-refractivity contribution in [3.8, 4) is 11.8 Å². The van der Waals surface area contributed by atoms with Crippen molar-refractivity contribution >= 4 is 5.91 Å². The van der Waals surface area contributed by atoms with Gasteiger partial charge in [-0.25, -0.2) is 0 Å². The molecular weight excluding hydrogens is 318 g/mol. The molecular formula is C19H27N3O3. The third-order valence-electron chi connectivity index (χ3n) is 4.53. The zero-order chi connectivity index (χ0) is 18.1. The standard InChI is InChI=1S/C19H27N3O3/c1-15(25-18-5-3-4-17(12-18)13-20)19(23)21-14-16-6-8-22(9-7-16)10-11-24-2/h3-5,12,15-16H,6-11,14H2,1-2H3,(H,21,23). The number of benzene rings is 1. The summed E-state index contributed by atoms with van der Waals surface area (Å²) in [6.45, 7) is 6.25. The molecule has 0 bridgehead atoms. The number of ether oxygens (including phenoxy) is 2. The maximum absolute atomic E-state index is 12.2. The number of hydrogen-bond acceptors (Lipinski definition) is 5. The van der Waals surface area contributed by atoms with Gasteiger partial charge in [-0.1, -0.05) is 6.07 Å². The van der Waals surface area contributed by atoms with Crippen molar-refractivity contribution in [1.29, 1.82) is 5.26 Å². The molecule has 1 saturated heterocycles. The Bertz CT molecular complexity index is 592. The van der Waals surface area contributed by atoms with Gasteiger partial charge in [-0.3, -0.25) is 4.79 Å². The molecule has 0 aliphatic carbocycles. The van der Waals surface area contributed by atoms with Crippen LogP contribution in [0.25, 0.3) is 0 Å². The summed E-state index contributed by atoms with van der Waals surface area (Å²) in [6, 6.07) is 8.90. The third kappa shape index (κ3) is 6.37. The summed E-state index contributed by atoms with van der Waals surface area (Å²) in [6.07, 6.45) is 1.59. The average molecular weight is 345 g/mol. The number of carbonyl (C=O) groups excluding carboxylic acids is 1. The highest BCUT2D eigenvalue weighted by molar-refractivity contribution is 5.80. The zero-order valence-corrected chi connectivity index (χ0v) is 15.0. The molecule has 1 aliphatic rings. The first-order valence-electron chi connectivity index (χ1n) is 8.78. The van der Waals surface area contributed by atoms with Crippen LogP contribution in [0.5, 0.6) is 5.75 Å². The van der Waals surface area contributed by atoms with Crippen molar-refractivity contribution in [3.05, 3.63) is 29.8 Å². The second kappa shape index (κ2) is 10.0. The van der Waals surface area contributed by atoms with Crippen LogP contribution in [0.15, 0.2) is 24.3 Å². The summed E-state index contributed by atoms with van der Waals surface area (Å²) < 4.78 is 10.7. The summed E-state index contributed by atoms with van der Waals surface area (Å²) in [5.41, 5.74) is 0.519. The van der Waals surface area contributed by atoms with E-state index in [1.807, 2.05) is 0 Å². The second-order valence-corrected chi connectivity index (χ2v) is 6.42. The molecule has 1 aromatic rings. The maximum Gasteiger partial charge on any atom is 0.260 e. The predicted octanol–water partition coefficient (Wildman–Crippen LogP) is 1.80. The van der Waals surface area contributed by atoms with Gasteiger partial charge in [-0.15, -0.1) is 0 Å². The number of rotatable bonds is 8. The number of carbonyl (C=O) groups is 1. The van der Waals surface area contributed by atoms with Gasteiger partial charge in [0.05, 0.1) is 18.2 Å². The van der Waals surface area contributed by atoms with Crippen LogP contribution in [0.4, 0.5) is 0 Å².